The lowest BCUT2D eigenvalue weighted by molar-refractivity contribution is 0.0518. The van der Waals surface area contributed by atoms with Gasteiger partial charge in [-0.3, -0.25) is 3.97 Å². The van der Waals surface area contributed by atoms with Gasteiger partial charge in [-0.25, -0.2) is 9.18 Å². The van der Waals surface area contributed by atoms with Gasteiger partial charge in [0.05, 0.1) is 27.0 Å². The van der Waals surface area contributed by atoms with Crippen LogP contribution in [0.15, 0.2) is 16.6 Å². The summed E-state index contributed by atoms with van der Waals surface area (Å²) in [7, 11) is 0. The van der Waals surface area contributed by atoms with Crippen molar-refractivity contribution in [3.05, 3.63) is 33.1 Å². The molecule has 3 nitrogen and oxygen atoms in total. The molecule has 0 aliphatic rings. The second kappa shape index (κ2) is 5.11. The number of benzene rings is 1. The molecular weight excluding hydrogens is 345 g/mol. The molecule has 7 heteroatoms. The first-order chi connectivity index (χ1) is 8.49. The van der Waals surface area contributed by atoms with Gasteiger partial charge in [0.15, 0.2) is 11.5 Å². The smallest absolute Gasteiger partial charge is 0.357 e. The van der Waals surface area contributed by atoms with Crippen molar-refractivity contribution < 1.29 is 13.9 Å². The Morgan fingerprint density at radius 2 is 2.28 bits per heavy atom. The zero-order chi connectivity index (χ0) is 13.4. The number of thiol groups is 1. The number of hydrogen-bond acceptors (Lipinski definition) is 3. The molecule has 1 aromatic carbocycles. The fraction of sp³-hybridized carbons (Fsp3) is 0.182. The van der Waals surface area contributed by atoms with Crippen molar-refractivity contribution in [2.24, 2.45) is 0 Å². The highest BCUT2D eigenvalue weighted by Crippen LogP contribution is 2.36. The summed E-state index contributed by atoms with van der Waals surface area (Å²) >= 11 is 13.1. The molecule has 0 amide bonds. The topological polar surface area (TPSA) is 31.2 Å². The van der Waals surface area contributed by atoms with Crippen molar-refractivity contribution in [3.63, 3.8) is 0 Å². The molecule has 0 unspecified atom stereocenters. The molecule has 0 atom stereocenters. The molecule has 0 fully saturated rings. The van der Waals surface area contributed by atoms with Crippen molar-refractivity contribution >= 4 is 57.2 Å². The molecule has 0 bridgehead atoms. The highest BCUT2D eigenvalue weighted by Gasteiger charge is 2.24. The minimum absolute atomic E-state index is 0.0162. The van der Waals surface area contributed by atoms with Gasteiger partial charge >= 0.3 is 5.97 Å². The minimum Gasteiger partial charge on any atom is -0.461 e. The van der Waals surface area contributed by atoms with E-state index in [0.717, 1.165) is 0 Å². The Morgan fingerprint density at radius 3 is 2.89 bits per heavy atom. The average Bonchev–Trinajstić information content (AvgIpc) is 2.57. The van der Waals surface area contributed by atoms with E-state index in [2.05, 4.69) is 28.7 Å². The number of hydrogen-bond donors (Lipinski definition) is 1. The normalized spacial score (nSPS) is 10.9. The second-order valence-electron chi connectivity index (χ2n) is 3.45. The van der Waals surface area contributed by atoms with E-state index in [4.69, 9.17) is 16.3 Å². The molecule has 0 aliphatic heterocycles. The molecule has 0 N–H and O–H groups in total. The fourth-order valence-corrected chi connectivity index (χ4v) is 2.99. The van der Waals surface area contributed by atoms with Gasteiger partial charge in [0.1, 0.15) is 0 Å². The Hall–Kier alpha value is -0.720. The predicted molar refractivity (Wildman–Crippen MR) is 74.9 cm³/mol. The Balaban J connectivity index is 2.77. The van der Waals surface area contributed by atoms with E-state index in [1.807, 2.05) is 0 Å². The van der Waals surface area contributed by atoms with Crippen molar-refractivity contribution in [3.8, 4) is 0 Å². The van der Waals surface area contributed by atoms with Crippen LogP contribution in [0.2, 0.25) is 5.02 Å². The molecule has 1 heterocycles. The van der Waals surface area contributed by atoms with Crippen molar-refractivity contribution in [1.29, 1.82) is 0 Å². The number of nitrogens with zero attached hydrogens (tertiary/aromatic N) is 1. The van der Waals surface area contributed by atoms with E-state index >= 15 is 0 Å². The van der Waals surface area contributed by atoms with Gasteiger partial charge in [-0.05, 0) is 35.0 Å². The number of carbonyl (C=O) groups excluding carboxylic acids is 1. The van der Waals surface area contributed by atoms with E-state index < -0.39 is 11.8 Å². The van der Waals surface area contributed by atoms with Crippen LogP contribution < -0.4 is 0 Å². The molecule has 1 aromatic heterocycles. The third kappa shape index (κ3) is 2.02. The van der Waals surface area contributed by atoms with Gasteiger partial charge in [-0.15, -0.1) is 0 Å². The molecule has 0 aliphatic carbocycles. The number of esters is 1. The number of rotatable bonds is 2. The van der Waals surface area contributed by atoms with E-state index in [1.54, 1.807) is 13.0 Å². The first-order valence-electron chi connectivity index (χ1n) is 5.03. The summed E-state index contributed by atoms with van der Waals surface area (Å²) in [6.45, 7) is 1.92. The van der Waals surface area contributed by atoms with Gasteiger partial charge < -0.3 is 4.74 Å². The average molecular weight is 353 g/mol. The third-order valence-corrected chi connectivity index (χ3v) is 3.89. The van der Waals surface area contributed by atoms with Crippen LogP contribution in [0.1, 0.15) is 17.4 Å². The van der Waals surface area contributed by atoms with E-state index in [-0.39, 0.29) is 27.2 Å². The van der Waals surface area contributed by atoms with Gasteiger partial charge in [0.2, 0.25) is 0 Å². The SMILES string of the molecule is CCOC(=O)c1c(Br)c2c(F)c(Cl)ccc2n1S. The van der Waals surface area contributed by atoms with E-state index in [9.17, 15) is 9.18 Å². The van der Waals surface area contributed by atoms with Crippen LogP contribution in [0.25, 0.3) is 10.9 Å². The quantitative estimate of drug-likeness (QED) is 0.652. The number of aromatic nitrogens is 1. The van der Waals surface area contributed by atoms with Gasteiger partial charge in [-0.2, -0.15) is 0 Å². The number of carbonyl (C=O) groups is 1. The summed E-state index contributed by atoms with van der Waals surface area (Å²) in [6, 6.07) is 2.99. The highest BCUT2D eigenvalue weighted by molar-refractivity contribution is 9.10. The standard InChI is InChI=1S/C11H8BrClFNO2S/c1-2-17-11(16)10-8(12)7-6(15(10)18)4-3-5(13)9(7)14/h3-4,18H,2H2,1H3. The van der Waals surface area contributed by atoms with Gasteiger partial charge in [0, 0.05) is 0 Å². The molecule has 18 heavy (non-hydrogen) atoms. The maximum absolute atomic E-state index is 13.9. The molecular formula is C11H8BrClFNO2S. The molecule has 0 saturated carbocycles. The number of ether oxygens (including phenoxy) is 1. The summed E-state index contributed by atoms with van der Waals surface area (Å²) in [6.07, 6.45) is 0. The monoisotopic (exact) mass is 351 g/mol. The van der Waals surface area contributed by atoms with E-state index in [0.29, 0.717) is 5.52 Å². The molecule has 0 saturated heterocycles. The van der Waals surface area contributed by atoms with Crippen LogP contribution in [-0.4, -0.2) is 16.5 Å². The van der Waals surface area contributed by atoms with Crippen molar-refractivity contribution in [2.45, 2.75) is 6.92 Å². The van der Waals surface area contributed by atoms with E-state index in [1.165, 1.54) is 10.0 Å². The van der Waals surface area contributed by atoms with Crippen molar-refractivity contribution in [2.75, 3.05) is 6.61 Å². The number of fused-ring (bicyclic) bond motifs is 1. The summed E-state index contributed by atoms with van der Waals surface area (Å²) in [5.41, 5.74) is 0.575. The molecule has 2 rings (SSSR count). The fourth-order valence-electron chi connectivity index (χ4n) is 1.63. The van der Waals surface area contributed by atoms with Gasteiger partial charge in [0.25, 0.3) is 0 Å². The number of halogens is 3. The van der Waals surface area contributed by atoms with Crippen LogP contribution >= 0.6 is 40.3 Å². The Labute approximate surface area is 122 Å². The zero-order valence-corrected chi connectivity index (χ0v) is 12.4. The van der Waals surface area contributed by atoms with Crippen LogP contribution in [0.5, 0.6) is 0 Å². The second-order valence-corrected chi connectivity index (χ2v) is 5.05. The van der Waals surface area contributed by atoms with Crippen LogP contribution in [-0.2, 0) is 4.74 Å². The lowest BCUT2D eigenvalue weighted by Gasteiger charge is -2.02. The van der Waals surface area contributed by atoms with Crippen LogP contribution in [0.4, 0.5) is 4.39 Å². The third-order valence-electron chi connectivity index (χ3n) is 2.41. The summed E-state index contributed by atoms with van der Waals surface area (Å²) < 4.78 is 20.4. The zero-order valence-electron chi connectivity index (χ0n) is 9.21. The lowest BCUT2D eigenvalue weighted by Crippen LogP contribution is -2.08. The first-order valence-corrected chi connectivity index (χ1v) is 6.60. The predicted octanol–water partition coefficient (Wildman–Crippen LogP) is 4.07. The molecule has 0 spiro atoms. The highest BCUT2D eigenvalue weighted by atomic mass is 79.9. The minimum atomic E-state index is -0.598. The maximum atomic E-state index is 13.9. The Kier molecular flexibility index (Phi) is 3.89. The van der Waals surface area contributed by atoms with Crippen molar-refractivity contribution in [1.82, 2.24) is 3.97 Å². The molecule has 2 aromatic rings. The lowest BCUT2D eigenvalue weighted by atomic mass is 10.2. The summed E-state index contributed by atoms with van der Waals surface area (Å²) in [5, 5.41) is 0.193. The Morgan fingerprint density at radius 1 is 1.61 bits per heavy atom. The summed E-state index contributed by atoms with van der Waals surface area (Å²) in [4.78, 5) is 11.8. The van der Waals surface area contributed by atoms with Gasteiger partial charge in [-0.1, -0.05) is 24.4 Å². The maximum Gasteiger partial charge on any atom is 0.357 e. The summed E-state index contributed by atoms with van der Waals surface area (Å²) in [5.74, 6) is -1.18. The largest absolute Gasteiger partial charge is 0.461 e. The molecule has 96 valence electrons. The first kappa shape index (κ1) is 13.7. The van der Waals surface area contributed by atoms with Crippen LogP contribution in [0.3, 0.4) is 0 Å². The Bertz CT molecular complexity index is 644. The molecule has 0 radical (unpaired) electrons. The van der Waals surface area contributed by atoms with Crippen LogP contribution in [0, 0.1) is 5.82 Å².